The van der Waals surface area contributed by atoms with Crippen molar-refractivity contribution in [1.29, 1.82) is 0 Å². The summed E-state index contributed by atoms with van der Waals surface area (Å²) in [5.41, 5.74) is 8.78. The first-order chi connectivity index (χ1) is 16.2. The molecule has 2 aromatic heterocycles. The highest BCUT2D eigenvalue weighted by Crippen LogP contribution is 2.32. The number of benzene rings is 2. The van der Waals surface area contributed by atoms with Crippen LogP contribution in [0.4, 0.5) is 0 Å². The quantitative estimate of drug-likeness (QED) is 0.382. The first-order valence-electron chi connectivity index (χ1n) is 10.4. The standard InChI is InChI=1S/C25H25N3O5/c1-29-19-7-3-17(4-8-19)15-31-24-12-22(23-11-21(13-26)33-28-23)27-14-25(24)32-16-18-5-9-20(30-2)10-6-18/h3-12,14H,13,15-16,26H2,1-2H3. The lowest BCUT2D eigenvalue weighted by Crippen LogP contribution is -2.02. The fourth-order valence-corrected chi connectivity index (χ4v) is 3.08. The second-order valence-electron chi connectivity index (χ2n) is 7.17. The molecular weight excluding hydrogens is 422 g/mol. The number of nitrogens with zero attached hydrogens (tertiary/aromatic N) is 2. The van der Waals surface area contributed by atoms with Crippen molar-refractivity contribution in [3.8, 4) is 34.4 Å². The van der Waals surface area contributed by atoms with Crippen molar-refractivity contribution >= 4 is 0 Å². The summed E-state index contributed by atoms with van der Waals surface area (Å²) < 4.78 is 27.8. The largest absolute Gasteiger partial charge is 0.497 e. The monoisotopic (exact) mass is 447 g/mol. The molecular formula is C25H25N3O5. The number of aromatic nitrogens is 2. The topological polar surface area (TPSA) is 102 Å². The Bertz CT molecular complexity index is 1170. The molecule has 0 saturated heterocycles. The van der Waals surface area contributed by atoms with Gasteiger partial charge >= 0.3 is 0 Å². The zero-order valence-corrected chi connectivity index (χ0v) is 18.5. The molecule has 8 nitrogen and oxygen atoms in total. The zero-order chi connectivity index (χ0) is 23.0. The third kappa shape index (κ3) is 5.61. The molecule has 0 bridgehead atoms. The summed E-state index contributed by atoms with van der Waals surface area (Å²) in [5.74, 6) is 3.22. The van der Waals surface area contributed by atoms with Gasteiger partial charge in [0, 0.05) is 12.1 Å². The van der Waals surface area contributed by atoms with Gasteiger partial charge in [-0.05, 0) is 35.4 Å². The van der Waals surface area contributed by atoms with Crippen LogP contribution in [0.25, 0.3) is 11.4 Å². The van der Waals surface area contributed by atoms with Crippen LogP contribution in [-0.2, 0) is 19.8 Å². The maximum atomic E-state index is 6.11. The molecule has 33 heavy (non-hydrogen) atoms. The number of hydrogen-bond donors (Lipinski definition) is 1. The fraction of sp³-hybridized carbons (Fsp3) is 0.200. The minimum absolute atomic E-state index is 0.261. The van der Waals surface area contributed by atoms with Gasteiger partial charge in [-0.25, -0.2) is 0 Å². The van der Waals surface area contributed by atoms with Gasteiger partial charge in [-0.15, -0.1) is 0 Å². The number of hydrogen-bond acceptors (Lipinski definition) is 8. The molecule has 0 amide bonds. The molecule has 0 saturated carbocycles. The average Bonchev–Trinajstić information content (AvgIpc) is 3.36. The number of pyridine rings is 1. The lowest BCUT2D eigenvalue weighted by molar-refractivity contribution is 0.255. The van der Waals surface area contributed by atoms with Crippen LogP contribution in [0.5, 0.6) is 23.0 Å². The SMILES string of the molecule is COc1ccc(COc2cnc(-c3cc(CN)on3)cc2OCc2ccc(OC)cc2)cc1. The highest BCUT2D eigenvalue weighted by Gasteiger charge is 2.14. The molecule has 0 atom stereocenters. The lowest BCUT2D eigenvalue weighted by Gasteiger charge is -2.14. The van der Waals surface area contributed by atoms with E-state index in [9.17, 15) is 0 Å². The van der Waals surface area contributed by atoms with Crippen molar-refractivity contribution < 1.29 is 23.5 Å². The molecule has 0 aliphatic rings. The van der Waals surface area contributed by atoms with Crippen molar-refractivity contribution in [3.05, 3.63) is 83.7 Å². The van der Waals surface area contributed by atoms with E-state index in [1.807, 2.05) is 48.5 Å². The van der Waals surface area contributed by atoms with E-state index in [2.05, 4.69) is 10.1 Å². The molecule has 2 aromatic carbocycles. The molecule has 0 fully saturated rings. The molecule has 0 spiro atoms. The van der Waals surface area contributed by atoms with Gasteiger partial charge in [0.1, 0.15) is 30.4 Å². The Morgan fingerprint density at radius 2 is 1.33 bits per heavy atom. The minimum Gasteiger partial charge on any atom is -0.497 e. The van der Waals surface area contributed by atoms with Gasteiger partial charge in [-0.2, -0.15) is 0 Å². The van der Waals surface area contributed by atoms with Gasteiger partial charge in [0.2, 0.25) is 0 Å². The first kappa shape index (κ1) is 22.2. The van der Waals surface area contributed by atoms with Gasteiger partial charge in [0.25, 0.3) is 0 Å². The highest BCUT2D eigenvalue weighted by atomic mass is 16.5. The summed E-state index contributed by atoms with van der Waals surface area (Å²) in [6, 6.07) is 18.9. The van der Waals surface area contributed by atoms with Crippen molar-refractivity contribution in [3.63, 3.8) is 0 Å². The molecule has 4 aromatic rings. The summed E-state index contributed by atoms with van der Waals surface area (Å²) in [4.78, 5) is 4.47. The Morgan fingerprint density at radius 3 is 1.85 bits per heavy atom. The third-order valence-corrected chi connectivity index (χ3v) is 4.96. The number of ether oxygens (including phenoxy) is 4. The number of rotatable bonds is 10. The Balaban J connectivity index is 1.54. The van der Waals surface area contributed by atoms with Crippen LogP contribution >= 0.6 is 0 Å². The lowest BCUT2D eigenvalue weighted by atomic mass is 10.2. The first-order valence-corrected chi connectivity index (χ1v) is 10.4. The second-order valence-corrected chi connectivity index (χ2v) is 7.17. The summed E-state index contributed by atoms with van der Waals surface area (Å²) in [7, 11) is 3.27. The molecule has 170 valence electrons. The normalized spacial score (nSPS) is 10.6. The Labute approximate surface area is 191 Å². The van der Waals surface area contributed by atoms with Crippen LogP contribution in [-0.4, -0.2) is 24.4 Å². The predicted octanol–water partition coefficient (Wildman–Crippen LogP) is 4.37. The van der Waals surface area contributed by atoms with Crippen LogP contribution in [0.2, 0.25) is 0 Å². The van der Waals surface area contributed by atoms with Gasteiger partial charge in [0.15, 0.2) is 17.3 Å². The van der Waals surface area contributed by atoms with E-state index in [1.54, 1.807) is 32.5 Å². The van der Waals surface area contributed by atoms with E-state index in [0.29, 0.717) is 41.9 Å². The van der Waals surface area contributed by atoms with E-state index < -0.39 is 0 Å². The van der Waals surface area contributed by atoms with Crippen LogP contribution in [0.3, 0.4) is 0 Å². The van der Waals surface area contributed by atoms with Crippen molar-refractivity contribution in [1.82, 2.24) is 10.1 Å². The molecule has 0 aliphatic heterocycles. The van der Waals surface area contributed by atoms with Gasteiger partial charge in [-0.3, -0.25) is 4.98 Å². The molecule has 0 aliphatic carbocycles. The Hall–Kier alpha value is -4.04. The maximum absolute atomic E-state index is 6.11. The summed E-state index contributed by atoms with van der Waals surface area (Å²) in [6.45, 7) is 0.960. The number of nitrogens with two attached hydrogens (primary N) is 1. The van der Waals surface area contributed by atoms with Gasteiger partial charge < -0.3 is 29.2 Å². The maximum Gasteiger partial charge on any atom is 0.179 e. The highest BCUT2D eigenvalue weighted by molar-refractivity contribution is 5.58. The van der Waals surface area contributed by atoms with Crippen molar-refractivity contribution in [2.45, 2.75) is 19.8 Å². The van der Waals surface area contributed by atoms with Crippen molar-refractivity contribution in [2.24, 2.45) is 5.73 Å². The van der Waals surface area contributed by atoms with E-state index in [1.165, 1.54) is 0 Å². The van der Waals surface area contributed by atoms with E-state index >= 15 is 0 Å². The molecule has 4 rings (SSSR count). The van der Waals surface area contributed by atoms with E-state index in [0.717, 1.165) is 22.6 Å². The summed E-state index contributed by atoms with van der Waals surface area (Å²) >= 11 is 0. The molecule has 2 N–H and O–H groups in total. The van der Waals surface area contributed by atoms with Crippen molar-refractivity contribution in [2.75, 3.05) is 14.2 Å². The van der Waals surface area contributed by atoms with Crippen LogP contribution in [0.1, 0.15) is 16.9 Å². The average molecular weight is 447 g/mol. The van der Waals surface area contributed by atoms with Gasteiger partial charge in [-0.1, -0.05) is 29.4 Å². The summed E-state index contributed by atoms with van der Waals surface area (Å²) in [6.07, 6.45) is 1.62. The smallest absolute Gasteiger partial charge is 0.179 e. The van der Waals surface area contributed by atoms with Crippen LogP contribution < -0.4 is 24.7 Å². The van der Waals surface area contributed by atoms with Crippen LogP contribution in [0.15, 0.2) is 71.4 Å². The predicted molar refractivity (Wildman–Crippen MR) is 122 cm³/mol. The summed E-state index contributed by atoms with van der Waals surface area (Å²) in [5, 5.41) is 4.04. The number of methoxy groups -OCH3 is 2. The van der Waals surface area contributed by atoms with E-state index in [4.69, 9.17) is 29.2 Å². The van der Waals surface area contributed by atoms with Gasteiger partial charge in [0.05, 0.1) is 32.7 Å². The molecule has 0 unspecified atom stereocenters. The Kier molecular flexibility index (Phi) is 7.06. The molecule has 0 radical (unpaired) electrons. The Morgan fingerprint density at radius 1 is 0.758 bits per heavy atom. The molecule has 8 heteroatoms. The molecule has 2 heterocycles. The third-order valence-electron chi connectivity index (χ3n) is 4.96. The van der Waals surface area contributed by atoms with Crippen LogP contribution in [0, 0.1) is 0 Å². The minimum atomic E-state index is 0.261. The van der Waals surface area contributed by atoms with E-state index in [-0.39, 0.29) is 6.54 Å². The fourth-order valence-electron chi connectivity index (χ4n) is 3.08. The zero-order valence-electron chi connectivity index (χ0n) is 18.5. The second kappa shape index (κ2) is 10.5.